The fourth-order valence-corrected chi connectivity index (χ4v) is 4.43. The highest BCUT2D eigenvalue weighted by Gasteiger charge is 2.28. The summed E-state index contributed by atoms with van der Waals surface area (Å²) < 4.78 is 1.07. The highest BCUT2D eigenvalue weighted by atomic mass is 16.3. The first-order valence-electron chi connectivity index (χ1n) is 11.7. The van der Waals surface area contributed by atoms with Gasteiger partial charge in [0.05, 0.1) is 16.9 Å². The Morgan fingerprint density at radius 2 is 1.58 bits per heavy atom. The van der Waals surface area contributed by atoms with Gasteiger partial charge in [-0.3, -0.25) is 14.4 Å². The number of benzene rings is 2. The van der Waals surface area contributed by atoms with Crippen molar-refractivity contribution >= 4 is 23.7 Å². The number of nitrogens with zero attached hydrogens (tertiary/aromatic N) is 4. The van der Waals surface area contributed by atoms with Gasteiger partial charge in [0.15, 0.2) is 5.49 Å². The van der Waals surface area contributed by atoms with E-state index < -0.39 is 11.1 Å². The molecular formula is C29H21N5O4. The van der Waals surface area contributed by atoms with Gasteiger partial charge in [0, 0.05) is 10.8 Å². The third-order valence-corrected chi connectivity index (χ3v) is 6.40. The lowest BCUT2D eigenvalue weighted by Crippen LogP contribution is -2.38. The van der Waals surface area contributed by atoms with Gasteiger partial charge in [0.1, 0.15) is 11.6 Å². The minimum Gasteiger partial charge on any atom is -0.494 e. The highest BCUT2D eigenvalue weighted by molar-refractivity contribution is 6.07. The zero-order chi connectivity index (χ0) is 27.0. The Bertz CT molecular complexity index is 1920. The van der Waals surface area contributed by atoms with Gasteiger partial charge < -0.3 is 10.1 Å². The Balaban J connectivity index is 1.61. The Morgan fingerprint density at radius 1 is 0.947 bits per heavy atom. The Labute approximate surface area is 216 Å². The number of pyridine rings is 2. The van der Waals surface area contributed by atoms with Gasteiger partial charge in [-0.15, -0.1) is 5.10 Å². The van der Waals surface area contributed by atoms with Crippen molar-refractivity contribution in [2.75, 3.05) is 5.01 Å². The molecule has 4 aromatic rings. The average molecular weight is 504 g/mol. The van der Waals surface area contributed by atoms with Crippen LogP contribution in [0.5, 0.6) is 5.88 Å². The molecule has 2 aromatic heterocycles. The van der Waals surface area contributed by atoms with E-state index in [9.17, 15) is 24.8 Å². The molecule has 2 N–H and O–H groups in total. The summed E-state index contributed by atoms with van der Waals surface area (Å²) in [4.78, 5) is 41.6. The summed E-state index contributed by atoms with van der Waals surface area (Å²) >= 11 is 0. The molecular weight excluding hydrogens is 482 g/mol. The molecule has 186 valence electrons. The zero-order valence-electron chi connectivity index (χ0n) is 20.5. The number of fused-ring (bicyclic) bond motifs is 1. The van der Waals surface area contributed by atoms with Gasteiger partial charge >= 0.3 is 0 Å². The minimum atomic E-state index is -0.633. The molecule has 0 spiro atoms. The first-order valence-corrected chi connectivity index (χ1v) is 11.7. The van der Waals surface area contributed by atoms with E-state index in [-0.39, 0.29) is 39.2 Å². The second kappa shape index (κ2) is 9.52. The second-order valence-corrected chi connectivity index (χ2v) is 8.62. The normalized spacial score (nSPS) is 13.0. The van der Waals surface area contributed by atoms with Gasteiger partial charge in [0.2, 0.25) is 5.88 Å². The number of hydrogen-bond donors (Lipinski definition) is 2. The second-order valence-electron chi connectivity index (χ2n) is 8.62. The highest BCUT2D eigenvalue weighted by Crippen LogP contribution is 2.26. The van der Waals surface area contributed by atoms with E-state index in [0.717, 1.165) is 4.57 Å². The largest absolute Gasteiger partial charge is 0.494 e. The number of H-pyrrole nitrogens is 1. The van der Waals surface area contributed by atoms with Crippen LogP contribution in [0.4, 0.5) is 5.69 Å². The molecule has 1 aliphatic rings. The van der Waals surface area contributed by atoms with Crippen molar-refractivity contribution in [1.82, 2.24) is 9.55 Å². The Morgan fingerprint density at radius 3 is 2.21 bits per heavy atom. The smallest absolute Gasteiger partial charge is 0.282 e. The molecule has 0 bridgehead atoms. The topological polar surface area (TPSA) is 132 Å². The lowest BCUT2D eigenvalue weighted by Gasteiger charge is -2.14. The molecule has 0 atom stereocenters. The van der Waals surface area contributed by atoms with Gasteiger partial charge in [-0.05, 0) is 61.4 Å². The van der Waals surface area contributed by atoms with E-state index in [1.165, 1.54) is 23.2 Å². The van der Waals surface area contributed by atoms with Crippen molar-refractivity contribution in [3.05, 3.63) is 126 Å². The molecule has 0 fully saturated rings. The summed E-state index contributed by atoms with van der Waals surface area (Å²) in [6.07, 6.45) is 4.55. The molecule has 38 heavy (non-hydrogen) atoms. The van der Waals surface area contributed by atoms with E-state index in [1.807, 2.05) is 12.1 Å². The van der Waals surface area contributed by atoms with Crippen molar-refractivity contribution in [2.24, 2.45) is 5.10 Å². The molecule has 0 aliphatic carbocycles. The number of carbonyl (C=O) groups is 1. The van der Waals surface area contributed by atoms with Crippen LogP contribution in [0.3, 0.4) is 0 Å². The van der Waals surface area contributed by atoms with Crippen molar-refractivity contribution < 1.29 is 9.90 Å². The number of nitrogens with one attached hydrogen (secondary N) is 1. The number of nitriles is 1. The standard InChI is InChI=1S/C29H21N5O4/c1-17-22(27(36)33(28(37)23(17)16-30)19-10-5-3-6-11-19)15-9-14-21-18(2)24-25(31-26(21)35)32-34(29(24)38)20-12-7-4-8-13-20/h3-15,36H,1-2H3,(H,31,32,35). The van der Waals surface area contributed by atoms with Crippen LogP contribution in [0.2, 0.25) is 0 Å². The number of aromatic amines is 1. The third kappa shape index (κ3) is 3.90. The molecule has 0 unspecified atom stereocenters. The van der Waals surface area contributed by atoms with Crippen LogP contribution < -0.4 is 26.8 Å². The summed E-state index contributed by atoms with van der Waals surface area (Å²) in [7, 11) is 0. The third-order valence-electron chi connectivity index (χ3n) is 6.40. The van der Waals surface area contributed by atoms with Gasteiger partial charge in [0.25, 0.3) is 17.0 Å². The first-order chi connectivity index (χ1) is 18.3. The van der Waals surface area contributed by atoms with Crippen LogP contribution in [-0.2, 0) is 0 Å². The summed E-state index contributed by atoms with van der Waals surface area (Å²) in [5, 5.41) is 26.4. The van der Waals surface area contributed by atoms with Gasteiger partial charge in [-0.2, -0.15) is 10.3 Å². The van der Waals surface area contributed by atoms with Crippen LogP contribution in [0.1, 0.15) is 32.6 Å². The molecule has 0 saturated heterocycles. The average Bonchev–Trinajstić information content (AvgIpc) is 3.25. The molecule has 0 saturated carbocycles. The molecule has 1 amide bonds. The fourth-order valence-electron chi connectivity index (χ4n) is 4.43. The number of carbonyl (C=O) groups excluding carboxylic acids is 1. The number of anilines is 1. The quantitative estimate of drug-likeness (QED) is 0.442. The Hall–Kier alpha value is -5.49. The van der Waals surface area contributed by atoms with Crippen LogP contribution >= 0.6 is 0 Å². The predicted molar refractivity (Wildman–Crippen MR) is 142 cm³/mol. The summed E-state index contributed by atoms with van der Waals surface area (Å²) in [5.74, 6) is -0.699. The SMILES string of the molecule is Cc1c(C=CC=c2c(C)c3c([nH]c2=O)=NN(c2ccccc2)C3=O)c(O)n(-c2ccccc2)c(=O)c1C#N. The fraction of sp³-hybridized carbons (Fsp3) is 0.0690. The monoisotopic (exact) mass is 503 g/mol. The number of aromatic nitrogens is 2. The Kier molecular flexibility index (Phi) is 6.07. The molecule has 3 heterocycles. The van der Waals surface area contributed by atoms with E-state index in [0.29, 0.717) is 22.5 Å². The number of aromatic hydroxyl groups is 1. The van der Waals surface area contributed by atoms with Crippen molar-refractivity contribution in [2.45, 2.75) is 13.8 Å². The van der Waals surface area contributed by atoms with Crippen LogP contribution in [0.25, 0.3) is 17.8 Å². The maximum absolute atomic E-state index is 13.1. The zero-order valence-corrected chi connectivity index (χ0v) is 20.5. The number of hydrogen-bond acceptors (Lipinski definition) is 6. The predicted octanol–water partition coefficient (Wildman–Crippen LogP) is 2.41. The molecule has 9 heteroatoms. The van der Waals surface area contributed by atoms with Crippen molar-refractivity contribution in [3.8, 4) is 17.6 Å². The van der Waals surface area contributed by atoms with E-state index in [2.05, 4.69) is 10.1 Å². The minimum absolute atomic E-state index is 0.105. The lowest BCUT2D eigenvalue weighted by molar-refractivity contribution is 0.0994. The maximum atomic E-state index is 13.1. The van der Waals surface area contributed by atoms with Gasteiger partial charge in [-0.1, -0.05) is 42.5 Å². The molecule has 9 nitrogen and oxygen atoms in total. The summed E-state index contributed by atoms with van der Waals surface area (Å²) in [6.45, 7) is 3.24. The molecule has 1 aliphatic heterocycles. The van der Waals surface area contributed by atoms with E-state index >= 15 is 0 Å². The number of amides is 1. The van der Waals surface area contributed by atoms with E-state index in [4.69, 9.17) is 0 Å². The van der Waals surface area contributed by atoms with Crippen molar-refractivity contribution in [3.63, 3.8) is 0 Å². The van der Waals surface area contributed by atoms with Crippen LogP contribution in [0, 0.1) is 25.2 Å². The number of para-hydroxylation sites is 2. The first kappa shape index (κ1) is 24.2. The lowest BCUT2D eigenvalue weighted by atomic mass is 10.0. The van der Waals surface area contributed by atoms with Crippen molar-refractivity contribution in [1.29, 1.82) is 5.26 Å². The van der Waals surface area contributed by atoms with E-state index in [1.54, 1.807) is 68.4 Å². The summed E-state index contributed by atoms with van der Waals surface area (Å²) in [5.41, 5.74) is 1.28. The molecule has 2 aromatic carbocycles. The molecule has 5 rings (SSSR count). The molecule has 0 radical (unpaired) electrons. The van der Waals surface area contributed by atoms with Crippen LogP contribution in [-0.4, -0.2) is 20.6 Å². The number of allylic oxidation sites excluding steroid dienone is 1. The van der Waals surface area contributed by atoms with Crippen LogP contribution in [0.15, 0.2) is 81.4 Å². The number of rotatable bonds is 4. The maximum Gasteiger partial charge on any atom is 0.282 e. The summed E-state index contributed by atoms with van der Waals surface area (Å²) in [6, 6.07) is 19.3. The van der Waals surface area contributed by atoms with Gasteiger partial charge in [-0.25, -0.2) is 4.57 Å².